The molecular weight excluding hydrogens is 355 g/mol. The normalized spacial score (nSPS) is 13.1. The molecule has 0 radical (unpaired) electrons. The molecule has 0 unspecified atom stereocenters. The lowest BCUT2D eigenvalue weighted by atomic mass is 10.1. The fourth-order valence-corrected chi connectivity index (χ4v) is 3.47. The van der Waals surface area contributed by atoms with Gasteiger partial charge in [-0.15, -0.1) is 0 Å². The van der Waals surface area contributed by atoms with E-state index in [1.54, 1.807) is 24.3 Å². The maximum atomic E-state index is 13.1. The van der Waals surface area contributed by atoms with E-state index in [4.69, 9.17) is 5.14 Å². The molecule has 0 fully saturated rings. The molecule has 0 aliphatic heterocycles. The van der Waals surface area contributed by atoms with Crippen molar-refractivity contribution in [3.63, 3.8) is 0 Å². The van der Waals surface area contributed by atoms with E-state index >= 15 is 0 Å². The molecule has 0 aliphatic rings. The lowest BCUT2D eigenvalue weighted by molar-refractivity contribution is -0.141. The zero-order valence-corrected chi connectivity index (χ0v) is 13.3. The van der Waals surface area contributed by atoms with E-state index in [-0.39, 0.29) is 4.90 Å². The van der Waals surface area contributed by atoms with Crippen LogP contribution in [-0.4, -0.2) is 18.0 Å². The monoisotopic (exact) mass is 365 g/mol. The highest BCUT2D eigenvalue weighted by Crippen LogP contribution is 2.35. The van der Waals surface area contributed by atoms with Crippen LogP contribution in [-0.2, 0) is 16.2 Å². The standard InChI is InChI=1S/C16H10F3N3O2S/c17-16(18,19)15-8-14-11-4-2-1-3-10(11)12-7-9(25(20,23)24)5-6-13(12)22(14)21-15/h1-8H,(H2,20,23,24). The third kappa shape index (κ3) is 2.43. The highest BCUT2D eigenvalue weighted by molar-refractivity contribution is 7.89. The summed E-state index contributed by atoms with van der Waals surface area (Å²) in [6.45, 7) is 0. The van der Waals surface area contributed by atoms with E-state index in [9.17, 15) is 21.6 Å². The average Bonchev–Trinajstić information content (AvgIpc) is 2.99. The van der Waals surface area contributed by atoms with Gasteiger partial charge < -0.3 is 0 Å². The van der Waals surface area contributed by atoms with Crippen LogP contribution in [0.4, 0.5) is 13.2 Å². The van der Waals surface area contributed by atoms with Crippen molar-refractivity contribution in [1.29, 1.82) is 0 Å². The summed E-state index contributed by atoms with van der Waals surface area (Å²) in [4.78, 5) is -0.118. The molecule has 2 N–H and O–H groups in total. The van der Waals surface area contributed by atoms with Crippen LogP contribution in [0.2, 0.25) is 0 Å². The lowest BCUT2D eigenvalue weighted by Crippen LogP contribution is -2.12. The number of hydrogen-bond acceptors (Lipinski definition) is 3. The first-order valence-electron chi connectivity index (χ1n) is 7.10. The third-order valence-electron chi connectivity index (χ3n) is 4.02. The molecule has 0 spiro atoms. The molecule has 2 aromatic heterocycles. The van der Waals surface area contributed by atoms with Crippen LogP contribution in [0.1, 0.15) is 5.69 Å². The molecule has 4 rings (SSSR count). The Kier molecular flexibility index (Phi) is 3.13. The van der Waals surface area contributed by atoms with Gasteiger partial charge in [-0.3, -0.25) is 0 Å². The lowest BCUT2D eigenvalue weighted by Gasteiger charge is -2.09. The summed E-state index contributed by atoms with van der Waals surface area (Å²) in [5.74, 6) is 0. The summed E-state index contributed by atoms with van der Waals surface area (Å²) in [5, 5.41) is 10.4. The molecule has 0 atom stereocenters. The Hall–Kier alpha value is -2.65. The Balaban J connectivity index is 2.24. The second kappa shape index (κ2) is 4.93. The number of fused-ring (bicyclic) bond motifs is 6. The number of alkyl halides is 3. The summed E-state index contributed by atoms with van der Waals surface area (Å²) >= 11 is 0. The van der Waals surface area contributed by atoms with Crippen molar-refractivity contribution in [2.24, 2.45) is 5.14 Å². The molecule has 0 amide bonds. The van der Waals surface area contributed by atoms with Gasteiger partial charge >= 0.3 is 6.18 Å². The minimum absolute atomic E-state index is 0.118. The van der Waals surface area contributed by atoms with E-state index in [1.165, 1.54) is 22.7 Å². The van der Waals surface area contributed by atoms with Crippen molar-refractivity contribution in [2.75, 3.05) is 0 Å². The highest BCUT2D eigenvalue weighted by atomic mass is 32.2. The van der Waals surface area contributed by atoms with E-state index < -0.39 is 21.9 Å². The number of rotatable bonds is 1. The van der Waals surface area contributed by atoms with Gasteiger partial charge in [0.25, 0.3) is 0 Å². The Morgan fingerprint density at radius 3 is 2.24 bits per heavy atom. The van der Waals surface area contributed by atoms with Crippen molar-refractivity contribution in [3.05, 3.63) is 54.2 Å². The van der Waals surface area contributed by atoms with E-state index in [0.717, 1.165) is 6.07 Å². The van der Waals surface area contributed by atoms with Crippen molar-refractivity contribution < 1.29 is 21.6 Å². The van der Waals surface area contributed by atoms with E-state index in [1.807, 2.05) is 0 Å². The molecule has 0 saturated heterocycles. The van der Waals surface area contributed by atoms with Crippen LogP contribution < -0.4 is 5.14 Å². The zero-order valence-electron chi connectivity index (χ0n) is 12.4. The van der Waals surface area contributed by atoms with Gasteiger partial charge in [-0.25, -0.2) is 18.1 Å². The van der Waals surface area contributed by atoms with Crippen LogP contribution in [0, 0.1) is 0 Å². The van der Waals surface area contributed by atoms with Gasteiger partial charge in [0.05, 0.1) is 15.9 Å². The molecule has 0 saturated carbocycles. The van der Waals surface area contributed by atoms with Gasteiger partial charge in [0.2, 0.25) is 10.0 Å². The van der Waals surface area contributed by atoms with Crippen molar-refractivity contribution >= 4 is 37.2 Å². The molecule has 2 heterocycles. The number of pyridine rings is 1. The predicted molar refractivity (Wildman–Crippen MR) is 86.6 cm³/mol. The molecular formula is C16H10F3N3O2S. The Bertz CT molecular complexity index is 1260. The number of benzene rings is 2. The first-order valence-corrected chi connectivity index (χ1v) is 8.65. The minimum atomic E-state index is -4.58. The molecule has 4 aromatic rings. The number of nitrogens with zero attached hydrogens (tertiary/aromatic N) is 2. The Morgan fingerprint density at radius 1 is 0.920 bits per heavy atom. The third-order valence-corrected chi connectivity index (χ3v) is 4.93. The van der Waals surface area contributed by atoms with E-state index in [2.05, 4.69) is 5.10 Å². The summed E-state index contributed by atoms with van der Waals surface area (Å²) in [6.07, 6.45) is -4.58. The summed E-state index contributed by atoms with van der Waals surface area (Å²) < 4.78 is 63.6. The maximum absolute atomic E-state index is 13.1. The van der Waals surface area contributed by atoms with Gasteiger partial charge in [-0.1, -0.05) is 24.3 Å². The number of primary sulfonamides is 1. The first kappa shape index (κ1) is 15.9. The highest BCUT2D eigenvalue weighted by Gasteiger charge is 2.34. The quantitative estimate of drug-likeness (QED) is 0.526. The molecule has 128 valence electrons. The zero-order chi connectivity index (χ0) is 18.0. The SMILES string of the molecule is NS(=O)(=O)c1ccc2c(c1)c1ccccc1c1cc(C(F)(F)F)nn21. The first-order chi connectivity index (χ1) is 11.7. The molecule has 25 heavy (non-hydrogen) atoms. The number of halogens is 3. The predicted octanol–water partition coefficient (Wildman–Crippen LogP) is 3.31. The molecule has 9 heteroatoms. The number of hydrogen-bond donors (Lipinski definition) is 1. The van der Waals surface area contributed by atoms with Crippen LogP contribution in [0.15, 0.2) is 53.4 Å². The fourth-order valence-electron chi connectivity index (χ4n) is 2.93. The fraction of sp³-hybridized carbons (Fsp3) is 0.0625. The number of aromatic nitrogens is 2. The van der Waals surface area contributed by atoms with Gasteiger partial charge in [0.15, 0.2) is 5.69 Å². The largest absolute Gasteiger partial charge is 0.435 e. The van der Waals surface area contributed by atoms with Crippen LogP contribution in [0.3, 0.4) is 0 Å². The summed E-state index contributed by atoms with van der Waals surface area (Å²) in [6, 6.07) is 11.8. The second-order valence-electron chi connectivity index (χ2n) is 5.59. The topological polar surface area (TPSA) is 77.5 Å². The van der Waals surface area contributed by atoms with Crippen molar-refractivity contribution in [1.82, 2.24) is 9.61 Å². The molecule has 0 bridgehead atoms. The van der Waals surface area contributed by atoms with Gasteiger partial charge in [-0.05, 0) is 29.7 Å². The van der Waals surface area contributed by atoms with Crippen LogP contribution >= 0.6 is 0 Å². The molecule has 2 aromatic carbocycles. The number of sulfonamides is 1. The average molecular weight is 365 g/mol. The second-order valence-corrected chi connectivity index (χ2v) is 7.16. The van der Waals surface area contributed by atoms with Gasteiger partial charge in [0, 0.05) is 10.8 Å². The maximum Gasteiger partial charge on any atom is 0.435 e. The Labute approximate surface area is 139 Å². The summed E-state index contributed by atoms with van der Waals surface area (Å²) in [7, 11) is -3.94. The van der Waals surface area contributed by atoms with Gasteiger partial charge in [0.1, 0.15) is 0 Å². The van der Waals surface area contributed by atoms with Gasteiger partial charge in [-0.2, -0.15) is 18.3 Å². The van der Waals surface area contributed by atoms with Crippen LogP contribution in [0.5, 0.6) is 0 Å². The Morgan fingerprint density at radius 2 is 1.60 bits per heavy atom. The van der Waals surface area contributed by atoms with Crippen LogP contribution in [0.25, 0.3) is 27.2 Å². The summed E-state index contributed by atoms with van der Waals surface area (Å²) in [5.41, 5.74) is -0.365. The molecule has 0 aliphatic carbocycles. The smallest absolute Gasteiger partial charge is 0.232 e. The molecule has 5 nitrogen and oxygen atoms in total. The minimum Gasteiger partial charge on any atom is -0.232 e. The van der Waals surface area contributed by atoms with Crippen molar-refractivity contribution in [3.8, 4) is 0 Å². The van der Waals surface area contributed by atoms with E-state index in [0.29, 0.717) is 27.2 Å². The number of nitrogens with two attached hydrogens (primary N) is 1. The van der Waals surface area contributed by atoms with Crippen molar-refractivity contribution in [2.45, 2.75) is 11.1 Å².